The van der Waals surface area contributed by atoms with Crippen LogP contribution in [0.1, 0.15) is 22.3 Å². The van der Waals surface area contributed by atoms with E-state index in [-0.39, 0.29) is 0 Å². The summed E-state index contributed by atoms with van der Waals surface area (Å²) in [4.78, 5) is 0. The molecule has 0 bridgehead atoms. The van der Waals surface area contributed by atoms with Crippen molar-refractivity contribution in [2.75, 3.05) is 0 Å². The first-order valence-electron chi connectivity index (χ1n) is 19.7. The van der Waals surface area contributed by atoms with Crippen LogP contribution in [0.3, 0.4) is 0 Å². The first kappa shape index (κ1) is 31.9. The summed E-state index contributed by atoms with van der Waals surface area (Å²) in [5, 5.41) is 4.71. The highest BCUT2D eigenvalue weighted by Crippen LogP contribution is 2.56. The highest BCUT2D eigenvalue weighted by atomic mass is 16.3. The molecule has 1 aliphatic rings. The Morgan fingerprint density at radius 3 is 1.68 bits per heavy atom. The third kappa shape index (κ3) is 4.65. The first-order valence-corrected chi connectivity index (χ1v) is 19.7. The SMILES string of the molecule is c1ccc(-c2ccc3c(c2)c2ccccc2n3-c2ccc3c(c2)oc2cc(-c4ccc5c(c4)C(c4ccccc4)(c4ccccc4)c4ccccc4-5)ccc23)cc1. The number of rotatable bonds is 5. The largest absolute Gasteiger partial charge is 0.456 e. The van der Waals surface area contributed by atoms with Gasteiger partial charge in [0.15, 0.2) is 0 Å². The van der Waals surface area contributed by atoms with Gasteiger partial charge in [0.1, 0.15) is 11.2 Å². The molecule has 2 heterocycles. The lowest BCUT2D eigenvalue weighted by molar-refractivity contribution is 0.669. The lowest BCUT2D eigenvalue weighted by Crippen LogP contribution is -2.28. The van der Waals surface area contributed by atoms with Crippen LogP contribution in [0.5, 0.6) is 0 Å². The van der Waals surface area contributed by atoms with Crippen molar-refractivity contribution in [3.8, 4) is 39.1 Å². The van der Waals surface area contributed by atoms with E-state index < -0.39 is 5.41 Å². The van der Waals surface area contributed by atoms with E-state index in [1.807, 2.05) is 0 Å². The molecule has 0 atom stereocenters. The van der Waals surface area contributed by atoms with Crippen LogP contribution in [0.4, 0.5) is 0 Å². The zero-order valence-electron chi connectivity index (χ0n) is 31.1. The third-order valence-electron chi connectivity index (χ3n) is 12.3. The van der Waals surface area contributed by atoms with Crippen LogP contribution in [0.15, 0.2) is 217 Å². The average molecular weight is 726 g/mol. The molecule has 0 fully saturated rings. The maximum Gasteiger partial charge on any atom is 0.137 e. The van der Waals surface area contributed by atoms with E-state index in [1.165, 1.54) is 71.9 Å². The lowest BCUT2D eigenvalue weighted by Gasteiger charge is -2.34. The van der Waals surface area contributed by atoms with E-state index in [0.29, 0.717) is 0 Å². The van der Waals surface area contributed by atoms with Crippen LogP contribution >= 0.6 is 0 Å². The second-order valence-electron chi connectivity index (χ2n) is 15.2. The predicted octanol–water partition coefficient (Wildman–Crippen LogP) is 14.4. The summed E-state index contributed by atoms with van der Waals surface area (Å²) in [6.45, 7) is 0. The fourth-order valence-electron chi connectivity index (χ4n) is 9.77. The molecule has 0 spiro atoms. The van der Waals surface area contributed by atoms with Crippen LogP contribution in [0, 0.1) is 0 Å². The van der Waals surface area contributed by atoms with E-state index in [1.54, 1.807) is 0 Å². The minimum atomic E-state index is -0.444. The maximum atomic E-state index is 6.76. The zero-order valence-corrected chi connectivity index (χ0v) is 31.1. The Hall–Kier alpha value is -7.42. The van der Waals surface area contributed by atoms with Gasteiger partial charge in [-0.1, -0.05) is 158 Å². The van der Waals surface area contributed by atoms with Gasteiger partial charge >= 0.3 is 0 Å². The monoisotopic (exact) mass is 725 g/mol. The average Bonchev–Trinajstić information content (AvgIpc) is 3.92. The number of fused-ring (bicyclic) bond motifs is 9. The molecule has 0 N–H and O–H groups in total. The second kappa shape index (κ2) is 12.3. The number of hydrogen-bond acceptors (Lipinski definition) is 1. The van der Waals surface area contributed by atoms with Gasteiger partial charge in [-0.15, -0.1) is 0 Å². The van der Waals surface area contributed by atoms with Crippen molar-refractivity contribution in [3.05, 3.63) is 235 Å². The van der Waals surface area contributed by atoms with Crippen LogP contribution in [0.2, 0.25) is 0 Å². The molecule has 266 valence electrons. The van der Waals surface area contributed by atoms with Gasteiger partial charge in [-0.05, 0) is 104 Å². The number of furan rings is 1. The van der Waals surface area contributed by atoms with Crippen molar-refractivity contribution in [1.82, 2.24) is 4.57 Å². The first-order chi connectivity index (χ1) is 28.3. The van der Waals surface area contributed by atoms with Crippen LogP contribution < -0.4 is 0 Å². The molecule has 2 nitrogen and oxygen atoms in total. The Labute approximate surface area is 330 Å². The number of para-hydroxylation sites is 1. The molecule has 0 aliphatic heterocycles. The van der Waals surface area contributed by atoms with Crippen LogP contribution in [-0.2, 0) is 5.41 Å². The predicted molar refractivity (Wildman–Crippen MR) is 236 cm³/mol. The zero-order chi connectivity index (χ0) is 37.5. The van der Waals surface area contributed by atoms with Crippen molar-refractivity contribution in [2.45, 2.75) is 5.41 Å². The Balaban J connectivity index is 0.995. The number of benzene rings is 9. The summed E-state index contributed by atoms with van der Waals surface area (Å²) in [5.41, 5.74) is 17.2. The van der Waals surface area contributed by atoms with E-state index >= 15 is 0 Å². The maximum absolute atomic E-state index is 6.76. The van der Waals surface area contributed by atoms with Gasteiger partial charge < -0.3 is 8.98 Å². The number of aromatic nitrogens is 1. The van der Waals surface area contributed by atoms with Gasteiger partial charge in [-0.2, -0.15) is 0 Å². The lowest BCUT2D eigenvalue weighted by atomic mass is 9.67. The Morgan fingerprint density at radius 1 is 0.333 bits per heavy atom. The molecule has 0 radical (unpaired) electrons. The van der Waals surface area contributed by atoms with Crippen LogP contribution in [-0.4, -0.2) is 4.57 Å². The normalized spacial score (nSPS) is 13.1. The van der Waals surface area contributed by atoms with Crippen molar-refractivity contribution < 1.29 is 4.42 Å². The van der Waals surface area contributed by atoms with E-state index in [0.717, 1.165) is 33.2 Å². The Kier molecular flexibility index (Phi) is 6.88. The molecule has 9 aromatic carbocycles. The highest BCUT2D eigenvalue weighted by Gasteiger charge is 2.46. The van der Waals surface area contributed by atoms with E-state index in [2.05, 4.69) is 217 Å². The van der Waals surface area contributed by atoms with Crippen molar-refractivity contribution in [2.24, 2.45) is 0 Å². The highest BCUT2D eigenvalue weighted by molar-refractivity contribution is 6.11. The van der Waals surface area contributed by atoms with Crippen molar-refractivity contribution in [1.29, 1.82) is 0 Å². The summed E-state index contributed by atoms with van der Waals surface area (Å²) < 4.78 is 9.13. The molecule has 57 heavy (non-hydrogen) atoms. The summed E-state index contributed by atoms with van der Waals surface area (Å²) >= 11 is 0. The molecular weight excluding hydrogens is 691 g/mol. The van der Waals surface area contributed by atoms with Gasteiger partial charge in [0, 0.05) is 33.3 Å². The fraction of sp³-hybridized carbons (Fsp3) is 0.0182. The number of nitrogens with zero attached hydrogens (tertiary/aromatic N) is 1. The minimum absolute atomic E-state index is 0.444. The summed E-state index contributed by atoms with van der Waals surface area (Å²) in [6, 6.07) is 77.4. The van der Waals surface area contributed by atoms with Gasteiger partial charge in [0.05, 0.1) is 16.4 Å². The van der Waals surface area contributed by atoms with Gasteiger partial charge in [0.2, 0.25) is 0 Å². The quantitative estimate of drug-likeness (QED) is 0.173. The molecule has 0 amide bonds. The van der Waals surface area contributed by atoms with Crippen LogP contribution in [0.25, 0.3) is 82.8 Å². The molecule has 12 rings (SSSR count). The van der Waals surface area contributed by atoms with Crippen molar-refractivity contribution >= 4 is 43.7 Å². The fourth-order valence-corrected chi connectivity index (χ4v) is 9.77. The molecule has 0 saturated heterocycles. The molecule has 11 aromatic rings. The summed E-state index contributed by atoms with van der Waals surface area (Å²) in [5.74, 6) is 0. The smallest absolute Gasteiger partial charge is 0.137 e. The van der Waals surface area contributed by atoms with E-state index in [4.69, 9.17) is 4.42 Å². The number of hydrogen-bond donors (Lipinski definition) is 0. The van der Waals surface area contributed by atoms with Gasteiger partial charge in [0.25, 0.3) is 0 Å². The van der Waals surface area contributed by atoms with Crippen molar-refractivity contribution in [3.63, 3.8) is 0 Å². The molecule has 2 heteroatoms. The second-order valence-corrected chi connectivity index (χ2v) is 15.2. The van der Waals surface area contributed by atoms with E-state index in [9.17, 15) is 0 Å². The molecular formula is C55H35NO. The molecule has 0 saturated carbocycles. The molecule has 2 aromatic heterocycles. The minimum Gasteiger partial charge on any atom is -0.456 e. The Bertz CT molecular complexity index is 3300. The third-order valence-corrected chi connectivity index (χ3v) is 12.3. The summed E-state index contributed by atoms with van der Waals surface area (Å²) in [7, 11) is 0. The standard InChI is InChI=1S/C55H35NO/c1-4-14-36(15-5-1)37-26-31-52-48(32-37)45-21-11-13-23-51(45)56(52)42-27-30-47-46-29-25-39(34-53(46)57-54(47)35-42)38-24-28-44-43-20-10-12-22-49(43)55(50(44)33-38,40-16-6-2-7-17-40)41-18-8-3-9-19-41/h1-35H. The molecule has 1 aliphatic carbocycles. The topological polar surface area (TPSA) is 18.1 Å². The Morgan fingerprint density at radius 2 is 0.895 bits per heavy atom. The summed E-state index contributed by atoms with van der Waals surface area (Å²) in [6.07, 6.45) is 0. The van der Waals surface area contributed by atoms with Gasteiger partial charge in [-0.3, -0.25) is 0 Å². The van der Waals surface area contributed by atoms with Gasteiger partial charge in [-0.25, -0.2) is 0 Å². The molecule has 0 unspecified atom stereocenters.